The van der Waals surface area contributed by atoms with Gasteiger partial charge in [-0.1, -0.05) is 6.92 Å². The Hall–Kier alpha value is -0.0400. The number of piperidine rings is 1. The third-order valence-corrected chi connectivity index (χ3v) is 3.51. The van der Waals surface area contributed by atoms with E-state index in [1.807, 2.05) is 0 Å². The van der Waals surface area contributed by atoms with Gasteiger partial charge >= 0.3 is 0 Å². The van der Waals surface area contributed by atoms with Gasteiger partial charge in [0.25, 0.3) is 0 Å². The summed E-state index contributed by atoms with van der Waals surface area (Å²) in [5.74, 6) is 0.962. The van der Waals surface area contributed by atoms with Crippen molar-refractivity contribution in [1.29, 1.82) is 0 Å². The summed E-state index contributed by atoms with van der Waals surface area (Å²) < 4.78 is 0. The Kier molecular flexibility index (Phi) is 1.48. The van der Waals surface area contributed by atoms with Crippen LogP contribution in [0.5, 0.6) is 0 Å². The summed E-state index contributed by atoms with van der Waals surface area (Å²) in [7, 11) is 2.30. The molecule has 0 aliphatic carbocycles. The van der Waals surface area contributed by atoms with Crippen LogP contribution in [0.4, 0.5) is 0 Å². The SMILES string of the molecule is CC1CCC2CCC1N2C. The van der Waals surface area contributed by atoms with Gasteiger partial charge in [0, 0.05) is 12.1 Å². The fourth-order valence-electron chi connectivity index (χ4n) is 2.72. The number of hydrogen-bond acceptors (Lipinski definition) is 1. The van der Waals surface area contributed by atoms with E-state index < -0.39 is 0 Å². The number of nitrogens with zero attached hydrogens (tertiary/aromatic N) is 1. The summed E-state index contributed by atoms with van der Waals surface area (Å²) >= 11 is 0. The zero-order chi connectivity index (χ0) is 7.14. The van der Waals surface area contributed by atoms with Crippen LogP contribution in [0.1, 0.15) is 32.6 Å². The highest BCUT2D eigenvalue weighted by Crippen LogP contribution is 2.37. The van der Waals surface area contributed by atoms with E-state index in [-0.39, 0.29) is 0 Å². The molecule has 0 N–H and O–H groups in total. The largest absolute Gasteiger partial charge is 0.300 e. The van der Waals surface area contributed by atoms with Gasteiger partial charge in [-0.05, 0) is 38.6 Å². The highest BCUT2D eigenvalue weighted by Gasteiger charge is 2.37. The summed E-state index contributed by atoms with van der Waals surface area (Å²) in [5.41, 5.74) is 0. The third kappa shape index (κ3) is 0.800. The van der Waals surface area contributed by atoms with Gasteiger partial charge in [-0.2, -0.15) is 0 Å². The van der Waals surface area contributed by atoms with E-state index in [2.05, 4.69) is 18.9 Å². The lowest BCUT2D eigenvalue weighted by Gasteiger charge is -2.35. The van der Waals surface area contributed by atoms with E-state index in [1.165, 1.54) is 25.7 Å². The highest BCUT2D eigenvalue weighted by atomic mass is 15.2. The lowest BCUT2D eigenvalue weighted by atomic mass is 9.93. The summed E-state index contributed by atoms with van der Waals surface area (Å²) in [6.45, 7) is 2.41. The molecule has 0 amide bonds. The standard InChI is InChI=1S/C9H17N/c1-7-3-4-8-5-6-9(7)10(8)2/h7-9H,3-6H2,1-2H3. The average Bonchev–Trinajstić information content (AvgIpc) is 2.13. The van der Waals surface area contributed by atoms with Gasteiger partial charge < -0.3 is 4.90 Å². The Bertz CT molecular complexity index is 133. The van der Waals surface area contributed by atoms with Crippen molar-refractivity contribution >= 4 is 0 Å². The first kappa shape index (κ1) is 6.66. The Morgan fingerprint density at radius 2 is 1.80 bits per heavy atom. The summed E-state index contributed by atoms with van der Waals surface area (Å²) in [5, 5.41) is 0. The second kappa shape index (κ2) is 2.23. The van der Waals surface area contributed by atoms with Gasteiger partial charge in [-0.25, -0.2) is 0 Å². The van der Waals surface area contributed by atoms with Gasteiger partial charge in [0.1, 0.15) is 0 Å². The van der Waals surface area contributed by atoms with E-state index in [0.29, 0.717) is 0 Å². The Labute approximate surface area is 63.4 Å². The van der Waals surface area contributed by atoms with Crippen LogP contribution in [0, 0.1) is 5.92 Å². The first-order valence-electron chi connectivity index (χ1n) is 4.51. The van der Waals surface area contributed by atoms with E-state index in [0.717, 1.165) is 18.0 Å². The van der Waals surface area contributed by atoms with Crippen LogP contribution in [0.3, 0.4) is 0 Å². The van der Waals surface area contributed by atoms with Crippen molar-refractivity contribution in [1.82, 2.24) is 4.90 Å². The molecule has 0 aromatic carbocycles. The average molecular weight is 139 g/mol. The zero-order valence-electron chi connectivity index (χ0n) is 7.01. The molecule has 0 aromatic rings. The van der Waals surface area contributed by atoms with Crippen LogP contribution in [-0.2, 0) is 0 Å². The Morgan fingerprint density at radius 3 is 2.50 bits per heavy atom. The first-order chi connectivity index (χ1) is 4.79. The normalized spacial score (nSPS) is 48.0. The third-order valence-electron chi connectivity index (χ3n) is 3.51. The fraction of sp³-hybridized carbons (Fsp3) is 1.00. The van der Waals surface area contributed by atoms with Crippen molar-refractivity contribution in [2.75, 3.05) is 7.05 Å². The van der Waals surface area contributed by atoms with Crippen molar-refractivity contribution in [3.8, 4) is 0 Å². The van der Waals surface area contributed by atoms with E-state index in [9.17, 15) is 0 Å². The first-order valence-corrected chi connectivity index (χ1v) is 4.51. The predicted octanol–water partition coefficient (Wildman–Crippen LogP) is 1.88. The molecule has 2 aliphatic heterocycles. The van der Waals surface area contributed by atoms with Crippen LogP contribution in [0.15, 0.2) is 0 Å². The maximum absolute atomic E-state index is 2.61. The highest BCUT2D eigenvalue weighted by molar-refractivity contribution is 4.92. The van der Waals surface area contributed by atoms with Crippen LogP contribution < -0.4 is 0 Å². The summed E-state index contributed by atoms with van der Waals surface area (Å²) in [6.07, 6.45) is 5.85. The molecule has 0 radical (unpaired) electrons. The number of rotatable bonds is 0. The molecule has 2 rings (SSSR count). The van der Waals surface area contributed by atoms with Crippen molar-refractivity contribution in [2.45, 2.75) is 44.7 Å². The summed E-state index contributed by atoms with van der Waals surface area (Å²) in [4.78, 5) is 2.61. The molecule has 3 unspecified atom stereocenters. The molecule has 58 valence electrons. The minimum absolute atomic E-state index is 0.929. The van der Waals surface area contributed by atoms with E-state index >= 15 is 0 Å². The maximum Gasteiger partial charge on any atom is 0.0121 e. The lowest BCUT2D eigenvalue weighted by Crippen LogP contribution is -2.40. The monoisotopic (exact) mass is 139 g/mol. The van der Waals surface area contributed by atoms with Crippen LogP contribution >= 0.6 is 0 Å². The van der Waals surface area contributed by atoms with Crippen molar-refractivity contribution in [3.05, 3.63) is 0 Å². The maximum atomic E-state index is 2.61. The fourth-order valence-corrected chi connectivity index (χ4v) is 2.72. The van der Waals surface area contributed by atoms with Crippen LogP contribution in [-0.4, -0.2) is 24.0 Å². The molecule has 3 atom stereocenters. The van der Waals surface area contributed by atoms with Crippen molar-refractivity contribution in [3.63, 3.8) is 0 Å². The second-order valence-corrected chi connectivity index (χ2v) is 4.02. The van der Waals surface area contributed by atoms with Gasteiger partial charge in [0.2, 0.25) is 0 Å². The molecule has 2 aliphatic rings. The van der Waals surface area contributed by atoms with Gasteiger partial charge in [-0.3, -0.25) is 0 Å². The summed E-state index contributed by atoms with van der Waals surface area (Å²) in [6, 6.07) is 1.87. The van der Waals surface area contributed by atoms with E-state index in [4.69, 9.17) is 0 Å². The van der Waals surface area contributed by atoms with Gasteiger partial charge in [-0.15, -0.1) is 0 Å². The van der Waals surface area contributed by atoms with Crippen molar-refractivity contribution < 1.29 is 0 Å². The van der Waals surface area contributed by atoms with E-state index in [1.54, 1.807) is 0 Å². The number of fused-ring (bicyclic) bond motifs is 2. The quantitative estimate of drug-likeness (QED) is 0.495. The minimum atomic E-state index is 0.929. The van der Waals surface area contributed by atoms with Crippen molar-refractivity contribution in [2.24, 2.45) is 5.92 Å². The van der Waals surface area contributed by atoms with Crippen LogP contribution in [0.2, 0.25) is 0 Å². The smallest absolute Gasteiger partial charge is 0.0121 e. The Morgan fingerprint density at radius 1 is 1.10 bits per heavy atom. The lowest BCUT2D eigenvalue weighted by molar-refractivity contribution is 0.130. The molecule has 2 fully saturated rings. The Balaban J connectivity index is 2.13. The minimum Gasteiger partial charge on any atom is -0.300 e. The predicted molar refractivity (Wildman–Crippen MR) is 43.0 cm³/mol. The van der Waals surface area contributed by atoms with Gasteiger partial charge in [0.05, 0.1) is 0 Å². The molecule has 10 heavy (non-hydrogen) atoms. The molecular weight excluding hydrogens is 122 g/mol. The molecule has 1 nitrogen and oxygen atoms in total. The molecular formula is C9H17N. The molecule has 1 heteroatoms. The molecule has 0 saturated carbocycles. The molecule has 2 bridgehead atoms. The second-order valence-electron chi connectivity index (χ2n) is 4.02. The number of hydrogen-bond donors (Lipinski definition) is 0. The molecule has 0 aromatic heterocycles. The molecule has 2 heterocycles. The van der Waals surface area contributed by atoms with Gasteiger partial charge in [0.15, 0.2) is 0 Å². The molecule has 2 saturated heterocycles. The topological polar surface area (TPSA) is 3.24 Å². The van der Waals surface area contributed by atoms with Crippen LogP contribution in [0.25, 0.3) is 0 Å². The molecule has 0 spiro atoms. The zero-order valence-corrected chi connectivity index (χ0v) is 7.01.